The predicted molar refractivity (Wildman–Crippen MR) is 203 cm³/mol. The second kappa shape index (κ2) is 14.7. The first kappa shape index (κ1) is 33.9. The Hall–Kier alpha value is -4.54. The molecule has 0 aliphatic carbocycles. The summed E-state index contributed by atoms with van der Waals surface area (Å²) in [5, 5.41) is 12.1. The third-order valence-corrected chi connectivity index (χ3v) is 11.5. The maximum Gasteiger partial charge on any atom is 0.269 e. The molecule has 10 heteroatoms. The summed E-state index contributed by atoms with van der Waals surface area (Å²) in [4.78, 5) is 35.2. The number of halogens is 1. The molecule has 2 aliphatic rings. The van der Waals surface area contributed by atoms with E-state index >= 15 is 0 Å². The molecule has 2 aliphatic heterocycles. The average Bonchev–Trinajstić information content (AvgIpc) is 3.47. The number of carbonyl (C=O) groups is 1. The van der Waals surface area contributed by atoms with E-state index in [2.05, 4.69) is 84.8 Å². The fraction of sp³-hybridized carbons (Fsp3) is 0.350. The molecule has 5 aromatic rings. The number of benzene rings is 3. The number of aromatic nitrogens is 2. The summed E-state index contributed by atoms with van der Waals surface area (Å²) >= 11 is 3.66. The van der Waals surface area contributed by atoms with Gasteiger partial charge in [-0.05, 0) is 133 Å². The van der Waals surface area contributed by atoms with Gasteiger partial charge in [-0.25, -0.2) is 4.98 Å². The Morgan fingerprint density at radius 1 is 0.920 bits per heavy atom. The first-order chi connectivity index (χ1) is 24.2. The molecule has 50 heavy (non-hydrogen) atoms. The first-order valence-electron chi connectivity index (χ1n) is 17.5. The smallest absolute Gasteiger partial charge is 0.269 e. The van der Waals surface area contributed by atoms with Crippen LogP contribution in [-0.4, -0.2) is 58.5 Å². The fourth-order valence-electron chi connectivity index (χ4n) is 7.62. The number of nitro groups is 1. The monoisotopic (exact) mass is 734 g/mol. The number of anilines is 2. The lowest BCUT2D eigenvalue weighted by molar-refractivity contribution is -0.384. The minimum absolute atomic E-state index is 0.00573. The van der Waals surface area contributed by atoms with Gasteiger partial charge in [-0.1, -0.05) is 24.3 Å². The van der Waals surface area contributed by atoms with Gasteiger partial charge in [0.05, 0.1) is 4.92 Å². The molecular formula is C40H43BrN6O3. The highest BCUT2D eigenvalue weighted by Crippen LogP contribution is 2.32. The molecule has 7 rings (SSSR count). The molecule has 2 fully saturated rings. The maximum absolute atomic E-state index is 13.4. The van der Waals surface area contributed by atoms with Crippen molar-refractivity contribution >= 4 is 49.9 Å². The summed E-state index contributed by atoms with van der Waals surface area (Å²) in [7, 11) is 3.94. The van der Waals surface area contributed by atoms with Gasteiger partial charge in [-0.3, -0.25) is 19.8 Å². The van der Waals surface area contributed by atoms with Crippen molar-refractivity contribution in [1.29, 1.82) is 0 Å². The maximum atomic E-state index is 13.4. The van der Waals surface area contributed by atoms with Crippen molar-refractivity contribution in [3.05, 3.63) is 128 Å². The standard InChI is InChI=1S/C40H43BrN6O3/c1-43-36(26-37-38(41)15-20-42-39(37)43)27-45-21-18-31(19-22-45)30-5-7-32(8-6-30)40(48)44(2)33-9-3-28(4-10-33)25-29-16-23-46(24-17-29)34-11-13-35(14-12-34)47(49)50/h3-15,20,26,29,31H,16-19,21-25,27H2,1-2H3. The first-order valence-corrected chi connectivity index (χ1v) is 18.3. The van der Waals surface area contributed by atoms with Crippen molar-refractivity contribution in [1.82, 2.24) is 14.5 Å². The van der Waals surface area contributed by atoms with Crippen molar-refractivity contribution < 1.29 is 9.72 Å². The van der Waals surface area contributed by atoms with Gasteiger partial charge < -0.3 is 14.4 Å². The van der Waals surface area contributed by atoms with Crippen molar-refractivity contribution in [2.45, 2.75) is 44.6 Å². The van der Waals surface area contributed by atoms with E-state index in [0.717, 1.165) is 91.7 Å². The second-order valence-electron chi connectivity index (χ2n) is 13.8. The van der Waals surface area contributed by atoms with Crippen molar-refractivity contribution in [3.8, 4) is 0 Å². The van der Waals surface area contributed by atoms with Gasteiger partial charge in [-0.2, -0.15) is 0 Å². The predicted octanol–water partition coefficient (Wildman–Crippen LogP) is 8.36. The molecule has 0 radical (unpaired) electrons. The molecule has 0 spiro atoms. The number of aryl methyl sites for hydroxylation is 1. The molecule has 1 amide bonds. The van der Waals surface area contributed by atoms with Crippen molar-refractivity contribution in [3.63, 3.8) is 0 Å². The van der Waals surface area contributed by atoms with E-state index in [1.54, 1.807) is 17.0 Å². The second-order valence-corrected chi connectivity index (χ2v) is 14.7. The fourth-order valence-corrected chi connectivity index (χ4v) is 8.03. The van der Waals surface area contributed by atoms with Crippen molar-refractivity contribution in [2.75, 3.05) is 43.0 Å². The van der Waals surface area contributed by atoms with Crippen LogP contribution in [0.1, 0.15) is 58.8 Å². The van der Waals surface area contributed by atoms with E-state index in [-0.39, 0.29) is 16.5 Å². The Labute approximate surface area is 301 Å². The zero-order valence-corrected chi connectivity index (χ0v) is 30.3. The molecule has 258 valence electrons. The summed E-state index contributed by atoms with van der Waals surface area (Å²) in [5.74, 6) is 1.08. The molecule has 2 aromatic heterocycles. The minimum Gasteiger partial charge on any atom is -0.372 e. The van der Waals surface area contributed by atoms with E-state index in [4.69, 9.17) is 0 Å². The van der Waals surface area contributed by atoms with Crippen LogP contribution in [0.4, 0.5) is 17.1 Å². The third-order valence-electron chi connectivity index (χ3n) is 10.8. The van der Waals surface area contributed by atoms with E-state index in [1.807, 2.05) is 43.6 Å². The summed E-state index contributed by atoms with van der Waals surface area (Å²) in [6.07, 6.45) is 7.21. The zero-order valence-electron chi connectivity index (χ0n) is 28.7. The highest BCUT2D eigenvalue weighted by Gasteiger charge is 2.24. The molecule has 0 bridgehead atoms. The molecule has 9 nitrogen and oxygen atoms in total. The molecule has 0 atom stereocenters. The van der Waals surface area contributed by atoms with E-state index in [9.17, 15) is 14.9 Å². The Kier molecular flexibility index (Phi) is 10.0. The molecule has 3 aromatic carbocycles. The highest BCUT2D eigenvalue weighted by atomic mass is 79.9. The normalized spacial score (nSPS) is 16.2. The molecular weight excluding hydrogens is 692 g/mol. The van der Waals surface area contributed by atoms with Crippen LogP contribution in [0.5, 0.6) is 0 Å². The van der Waals surface area contributed by atoms with Gasteiger partial charge in [0.2, 0.25) is 0 Å². The lowest BCUT2D eigenvalue weighted by atomic mass is 9.89. The number of likely N-dealkylation sites (tertiary alicyclic amines) is 1. The Morgan fingerprint density at radius 3 is 2.24 bits per heavy atom. The van der Waals surface area contributed by atoms with Gasteiger partial charge in [-0.15, -0.1) is 0 Å². The number of nitrogens with zero attached hydrogens (tertiary/aromatic N) is 6. The Morgan fingerprint density at radius 2 is 1.60 bits per heavy atom. The van der Waals surface area contributed by atoms with E-state index in [0.29, 0.717) is 17.4 Å². The van der Waals surface area contributed by atoms with Crippen LogP contribution in [0.2, 0.25) is 0 Å². The van der Waals surface area contributed by atoms with E-state index in [1.165, 1.54) is 16.8 Å². The molecule has 4 heterocycles. The number of pyridine rings is 1. The summed E-state index contributed by atoms with van der Waals surface area (Å²) in [5.41, 5.74) is 7.63. The van der Waals surface area contributed by atoms with Crippen LogP contribution >= 0.6 is 15.9 Å². The number of hydrogen-bond donors (Lipinski definition) is 0. The summed E-state index contributed by atoms with van der Waals surface area (Å²) in [6.45, 7) is 4.89. The average molecular weight is 736 g/mol. The van der Waals surface area contributed by atoms with Crippen LogP contribution in [0, 0.1) is 16.0 Å². The van der Waals surface area contributed by atoms with Gasteiger partial charge in [0.25, 0.3) is 11.6 Å². The molecule has 0 saturated carbocycles. The Balaban J connectivity index is 0.881. The lowest BCUT2D eigenvalue weighted by Gasteiger charge is -2.33. The number of piperidine rings is 2. The number of carbonyl (C=O) groups excluding carboxylic acids is 1. The van der Waals surface area contributed by atoms with Crippen LogP contribution < -0.4 is 9.80 Å². The van der Waals surface area contributed by atoms with Crippen LogP contribution in [0.25, 0.3) is 11.0 Å². The van der Waals surface area contributed by atoms with Crippen LogP contribution in [0.15, 0.2) is 95.6 Å². The Bertz CT molecular complexity index is 1960. The number of non-ortho nitro benzene ring substituents is 1. The quantitative estimate of drug-likeness (QED) is 0.112. The van der Waals surface area contributed by atoms with E-state index < -0.39 is 0 Å². The molecule has 0 unspecified atom stereocenters. The largest absolute Gasteiger partial charge is 0.372 e. The van der Waals surface area contributed by atoms with Gasteiger partial charge >= 0.3 is 0 Å². The summed E-state index contributed by atoms with van der Waals surface area (Å²) < 4.78 is 3.28. The molecule has 2 saturated heterocycles. The third kappa shape index (κ3) is 7.32. The van der Waals surface area contributed by atoms with Crippen LogP contribution in [0.3, 0.4) is 0 Å². The van der Waals surface area contributed by atoms with Gasteiger partial charge in [0.1, 0.15) is 5.65 Å². The number of amides is 1. The summed E-state index contributed by atoms with van der Waals surface area (Å²) in [6, 6.07) is 27.7. The number of fused-ring (bicyclic) bond motifs is 1. The highest BCUT2D eigenvalue weighted by molar-refractivity contribution is 9.10. The lowest BCUT2D eigenvalue weighted by Crippen LogP contribution is -2.34. The molecule has 0 N–H and O–H groups in total. The zero-order chi connectivity index (χ0) is 34.8. The number of rotatable bonds is 9. The number of nitro benzene ring substituents is 1. The number of hydrogen-bond acceptors (Lipinski definition) is 6. The van der Waals surface area contributed by atoms with Crippen molar-refractivity contribution in [2.24, 2.45) is 13.0 Å². The van der Waals surface area contributed by atoms with Gasteiger partial charge in [0.15, 0.2) is 0 Å². The minimum atomic E-state index is -0.358. The SMILES string of the molecule is CN(C(=O)c1ccc(C2CCN(Cc3cc4c(Br)ccnc4n3C)CC2)cc1)c1ccc(CC2CCN(c3ccc([N+](=O)[O-])cc3)CC2)cc1. The van der Waals surface area contributed by atoms with Gasteiger partial charge in [0, 0.05) is 84.6 Å². The topological polar surface area (TPSA) is 87.8 Å². The van der Waals surface area contributed by atoms with Crippen LogP contribution in [-0.2, 0) is 20.0 Å².